The summed E-state index contributed by atoms with van der Waals surface area (Å²) in [7, 11) is 0. The maximum absolute atomic E-state index is 8.39. The number of thiophene rings is 2. The molecule has 0 spiro atoms. The van der Waals surface area contributed by atoms with E-state index in [-0.39, 0.29) is 5.84 Å². The lowest BCUT2D eigenvalue weighted by molar-refractivity contribution is 1.38. The molecule has 3 heterocycles. The van der Waals surface area contributed by atoms with E-state index in [1.165, 1.54) is 30.6 Å². The van der Waals surface area contributed by atoms with Gasteiger partial charge in [0.25, 0.3) is 0 Å². The lowest BCUT2D eigenvalue weighted by Crippen LogP contribution is -2.12. The Balaban J connectivity index is 2.39. The minimum Gasteiger partial charge on any atom is -0.383 e. The minimum absolute atomic E-state index is 0.282. The van der Waals surface area contributed by atoms with E-state index in [1.54, 1.807) is 22.7 Å². The van der Waals surface area contributed by atoms with Crippen LogP contribution in [0.1, 0.15) is 41.8 Å². The monoisotopic (exact) mass is 343 g/mol. The first-order chi connectivity index (χ1) is 10.7. The van der Waals surface area contributed by atoms with Gasteiger partial charge in [-0.25, -0.2) is 4.99 Å². The molecular weight excluding hydrogens is 322 g/mol. The molecule has 2 aromatic rings. The zero-order valence-corrected chi connectivity index (χ0v) is 16.0. The molecule has 5 heteroatoms. The van der Waals surface area contributed by atoms with Crippen molar-refractivity contribution in [3.8, 4) is 0 Å². The van der Waals surface area contributed by atoms with Crippen molar-refractivity contribution in [1.29, 1.82) is 5.41 Å². The Bertz CT molecular complexity index is 907. The number of aliphatic imine (C=N–C) groups is 1. The van der Waals surface area contributed by atoms with Crippen molar-refractivity contribution in [1.82, 2.24) is 0 Å². The van der Waals surface area contributed by atoms with E-state index in [1.807, 2.05) is 0 Å². The molecule has 0 amide bonds. The Hall–Kier alpha value is -1.72. The molecule has 3 N–H and O–H groups in total. The first-order valence-electron chi connectivity index (χ1n) is 7.55. The maximum atomic E-state index is 8.39. The van der Waals surface area contributed by atoms with Gasteiger partial charge in [0.15, 0.2) is 5.84 Å². The van der Waals surface area contributed by atoms with Gasteiger partial charge in [-0.2, -0.15) is 0 Å². The fourth-order valence-corrected chi connectivity index (χ4v) is 5.44. The number of aryl methyl sites for hydroxylation is 4. The summed E-state index contributed by atoms with van der Waals surface area (Å²) >= 11 is 3.56. The van der Waals surface area contributed by atoms with Crippen LogP contribution in [0.3, 0.4) is 0 Å². The van der Waals surface area contributed by atoms with Gasteiger partial charge >= 0.3 is 0 Å². The molecule has 1 aliphatic rings. The summed E-state index contributed by atoms with van der Waals surface area (Å²) in [5.41, 5.74) is 12.9. The van der Waals surface area contributed by atoms with Gasteiger partial charge in [-0.3, -0.25) is 5.41 Å². The molecule has 0 unspecified atom stereocenters. The summed E-state index contributed by atoms with van der Waals surface area (Å²) in [6.45, 7) is 12.8. The van der Waals surface area contributed by atoms with Crippen molar-refractivity contribution in [3.63, 3.8) is 0 Å². The highest BCUT2D eigenvalue weighted by Gasteiger charge is 2.30. The molecule has 0 aliphatic carbocycles. The topological polar surface area (TPSA) is 62.2 Å². The maximum Gasteiger partial charge on any atom is 0.155 e. The first kappa shape index (κ1) is 16.1. The molecule has 23 heavy (non-hydrogen) atoms. The molecule has 2 aromatic heterocycles. The summed E-state index contributed by atoms with van der Waals surface area (Å²) in [6.07, 6.45) is 0. The summed E-state index contributed by atoms with van der Waals surface area (Å²) in [5, 5.41) is 8.39. The van der Waals surface area contributed by atoms with Crippen molar-refractivity contribution < 1.29 is 0 Å². The van der Waals surface area contributed by atoms with E-state index in [4.69, 9.17) is 11.1 Å². The molecule has 0 fully saturated rings. The normalized spacial score (nSPS) is 14.9. The fourth-order valence-electron chi connectivity index (χ4n) is 3.30. The van der Waals surface area contributed by atoms with Crippen LogP contribution < -0.4 is 5.73 Å². The average molecular weight is 344 g/mol. The van der Waals surface area contributed by atoms with E-state index in [0.29, 0.717) is 5.84 Å². The summed E-state index contributed by atoms with van der Waals surface area (Å²) in [6, 6.07) is 0. The number of hydrogen-bond acceptors (Lipinski definition) is 4. The van der Waals surface area contributed by atoms with Gasteiger partial charge in [-0.05, 0) is 52.7 Å². The Morgan fingerprint density at radius 3 is 1.57 bits per heavy atom. The molecule has 120 valence electrons. The zero-order valence-electron chi connectivity index (χ0n) is 14.3. The standard InChI is InChI=1S/C18H21N3S2/c1-7-9(3)22-11(5)13(7)15-16(18(20)21-17(15)19)14-8(2)10(4)23-12(14)6/h1-6H3,(H3,19,20,21). The van der Waals surface area contributed by atoms with Crippen molar-refractivity contribution in [2.45, 2.75) is 41.5 Å². The van der Waals surface area contributed by atoms with Crippen LogP contribution in [0.4, 0.5) is 0 Å². The predicted molar refractivity (Wildman–Crippen MR) is 103 cm³/mol. The lowest BCUT2D eigenvalue weighted by Gasteiger charge is -2.11. The number of amidine groups is 2. The van der Waals surface area contributed by atoms with Crippen LogP contribution >= 0.6 is 22.7 Å². The van der Waals surface area contributed by atoms with E-state index < -0.39 is 0 Å². The third kappa shape index (κ3) is 2.30. The zero-order chi connectivity index (χ0) is 17.0. The number of nitrogens with zero attached hydrogens (tertiary/aromatic N) is 1. The van der Waals surface area contributed by atoms with E-state index in [9.17, 15) is 0 Å². The van der Waals surface area contributed by atoms with E-state index >= 15 is 0 Å². The Labute approximate surface area is 145 Å². The second kappa shape index (κ2) is 5.42. The van der Waals surface area contributed by atoms with Crippen LogP contribution in [0.15, 0.2) is 4.99 Å². The van der Waals surface area contributed by atoms with Crippen molar-refractivity contribution in [2.75, 3.05) is 0 Å². The van der Waals surface area contributed by atoms with Crippen molar-refractivity contribution >= 4 is 45.5 Å². The summed E-state index contributed by atoms with van der Waals surface area (Å²) in [5.74, 6) is 0.751. The molecule has 0 radical (unpaired) electrons. The van der Waals surface area contributed by atoms with Crippen LogP contribution in [0.25, 0.3) is 11.1 Å². The van der Waals surface area contributed by atoms with E-state index in [0.717, 1.165) is 22.3 Å². The molecule has 1 aliphatic heterocycles. The quantitative estimate of drug-likeness (QED) is 0.799. The first-order valence-corrected chi connectivity index (χ1v) is 9.19. The van der Waals surface area contributed by atoms with Crippen LogP contribution in [-0.2, 0) is 0 Å². The van der Waals surface area contributed by atoms with Crippen LogP contribution in [0.2, 0.25) is 0 Å². The van der Waals surface area contributed by atoms with Gasteiger partial charge in [-0.1, -0.05) is 0 Å². The second-order valence-corrected chi connectivity index (χ2v) is 8.88. The minimum atomic E-state index is 0.282. The van der Waals surface area contributed by atoms with Crippen molar-refractivity contribution in [2.24, 2.45) is 10.7 Å². The average Bonchev–Trinajstić information content (AvgIpc) is 2.96. The Morgan fingerprint density at radius 1 is 0.739 bits per heavy atom. The fraction of sp³-hybridized carbons (Fsp3) is 0.333. The molecule has 3 nitrogen and oxygen atoms in total. The van der Waals surface area contributed by atoms with Crippen LogP contribution in [-0.4, -0.2) is 11.7 Å². The third-order valence-corrected chi connectivity index (χ3v) is 6.84. The number of nitrogens with two attached hydrogens (primary N) is 1. The Kier molecular flexibility index (Phi) is 3.81. The van der Waals surface area contributed by atoms with Gasteiger partial charge in [0.05, 0.1) is 0 Å². The molecule has 0 bridgehead atoms. The number of hydrogen-bond donors (Lipinski definition) is 2. The number of rotatable bonds is 2. The SMILES string of the molecule is Cc1sc(C)c(C2=C(c3c(C)sc(C)c3C)C(N)=NC2=N)c1C. The third-order valence-electron chi connectivity index (χ3n) is 4.60. The molecule has 0 saturated carbocycles. The van der Waals surface area contributed by atoms with Gasteiger partial charge in [0.2, 0.25) is 0 Å². The highest BCUT2D eigenvalue weighted by atomic mass is 32.1. The van der Waals surface area contributed by atoms with E-state index in [2.05, 4.69) is 46.5 Å². The van der Waals surface area contributed by atoms with Crippen LogP contribution in [0.5, 0.6) is 0 Å². The number of nitrogens with one attached hydrogen (secondary N) is 1. The highest BCUT2D eigenvalue weighted by Crippen LogP contribution is 2.43. The summed E-state index contributed by atoms with van der Waals surface area (Å²) < 4.78 is 0. The Morgan fingerprint density at radius 2 is 1.17 bits per heavy atom. The predicted octanol–water partition coefficient (Wildman–Crippen LogP) is 4.92. The molecular formula is C18H21N3S2. The van der Waals surface area contributed by atoms with Gasteiger partial charge in [-0.15, -0.1) is 22.7 Å². The molecule has 0 saturated heterocycles. The molecule has 3 rings (SSSR count). The largest absolute Gasteiger partial charge is 0.383 e. The smallest absolute Gasteiger partial charge is 0.155 e. The van der Waals surface area contributed by atoms with Gasteiger partial charge in [0.1, 0.15) is 5.84 Å². The molecule has 0 aromatic carbocycles. The van der Waals surface area contributed by atoms with Crippen molar-refractivity contribution in [3.05, 3.63) is 41.8 Å². The van der Waals surface area contributed by atoms with Gasteiger partial charge in [0, 0.05) is 41.8 Å². The lowest BCUT2D eigenvalue weighted by atomic mass is 9.91. The van der Waals surface area contributed by atoms with Crippen LogP contribution in [0, 0.1) is 47.0 Å². The second-order valence-electron chi connectivity index (χ2n) is 6.02. The highest BCUT2D eigenvalue weighted by molar-refractivity contribution is 7.12. The van der Waals surface area contributed by atoms with Gasteiger partial charge < -0.3 is 5.73 Å². The summed E-state index contributed by atoms with van der Waals surface area (Å²) in [4.78, 5) is 9.35. The molecule has 0 atom stereocenters.